The molecule has 4 atom stereocenters. The smallest absolute Gasteiger partial charge is 0.488 e. The van der Waals surface area contributed by atoms with E-state index < -0.39 is 42.6 Å². The van der Waals surface area contributed by atoms with Gasteiger partial charge in [-0.25, -0.2) is 0 Å². The first-order valence-electron chi connectivity index (χ1n) is 12.8. The van der Waals surface area contributed by atoms with Crippen LogP contribution < -0.4 is 15.1 Å². The monoisotopic (exact) mass is 681 g/mol. The van der Waals surface area contributed by atoms with Crippen molar-refractivity contribution < 1.29 is 39.1 Å². The highest BCUT2D eigenvalue weighted by Gasteiger charge is 2.57. The number of rotatable bonds is 4. The SMILES string of the molecule is COc1cc(Br)cc([C@H]2C3=CC[C@@H]4C(=O)N(c5cccc(B(O)O)c5)C(=O)[C@@H]4[C@@H]3CC3=C2C(=O)C=C(Br)C3=O)c1O. The molecule has 1 heterocycles. The Morgan fingerprint density at radius 1 is 1.02 bits per heavy atom. The van der Waals surface area contributed by atoms with Crippen LogP contribution in [-0.4, -0.2) is 52.8 Å². The van der Waals surface area contributed by atoms with Crippen LogP contribution in [0.4, 0.5) is 5.69 Å². The Kier molecular flexibility index (Phi) is 6.92. The lowest BCUT2D eigenvalue weighted by Crippen LogP contribution is -2.39. The normalized spacial score (nSPS) is 25.4. The van der Waals surface area contributed by atoms with Gasteiger partial charge in [0, 0.05) is 33.2 Å². The minimum atomic E-state index is -1.78. The molecule has 0 bridgehead atoms. The number of aromatic hydroxyl groups is 1. The van der Waals surface area contributed by atoms with E-state index in [4.69, 9.17) is 4.74 Å². The van der Waals surface area contributed by atoms with E-state index in [2.05, 4.69) is 31.9 Å². The topological polar surface area (TPSA) is 141 Å². The van der Waals surface area contributed by atoms with Crippen molar-refractivity contribution >= 4 is 73.5 Å². The van der Waals surface area contributed by atoms with E-state index in [9.17, 15) is 34.3 Å². The number of ether oxygens (including phenoxy) is 1. The summed E-state index contributed by atoms with van der Waals surface area (Å²) in [5.41, 5.74) is 1.83. The van der Waals surface area contributed by atoms with Gasteiger partial charge < -0.3 is 19.9 Å². The minimum Gasteiger partial charge on any atom is -0.504 e. The Hall–Kier alpha value is -3.32. The van der Waals surface area contributed by atoms with E-state index >= 15 is 0 Å². The average molecular weight is 683 g/mol. The van der Waals surface area contributed by atoms with Gasteiger partial charge >= 0.3 is 7.12 Å². The number of imide groups is 1. The number of nitrogens with zero attached hydrogens (tertiary/aromatic N) is 1. The number of phenolic OH excluding ortho intramolecular Hbond substituents is 1. The zero-order valence-corrected chi connectivity index (χ0v) is 24.7. The summed E-state index contributed by atoms with van der Waals surface area (Å²) in [6.07, 6.45) is 3.36. The highest BCUT2D eigenvalue weighted by Crippen LogP contribution is 2.57. The third kappa shape index (κ3) is 4.27. The van der Waals surface area contributed by atoms with Crippen LogP contribution >= 0.6 is 31.9 Å². The molecule has 1 saturated heterocycles. The molecule has 4 aliphatic rings. The first-order valence-corrected chi connectivity index (χ1v) is 14.4. The Bertz CT molecular complexity index is 1660. The fraction of sp³-hybridized carbons (Fsp3) is 0.241. The Labute approximate surface area is 251 Å². The third-order valence-electron chi connectivity index (χ3n) is 8.36. The number of ketones is 2. The van der Waals surface area contributed by atoms with E-state index in [1.807, 2.05) is 6.08 Å². The predicted molar refractivity (Wildman–Crippen MR) is 156 cm³/mol. The van der Waals surface area contributed by atoms with Gasteiger partial charge in [0.2, 0.25) is 11.8 Å². The number of allylic oxidation sites excluding steroid dienone is 6. The first-order chi connectivity index (χ1) is 19.5. The lowest BCUT2D eigenvalue weighted by molar-refractivity contribution is -0.123. The Morgan fingerprint density at radius 3 is 2.49 bits per heavy atom. The van der Waals surface area contributed by atoms with Gasteiger partial charge in [-0.1, -0.05) is 39.7 Å². The second kappa shape index (κ2) is 10.2. The lowest BCUT2D eigenvalue weighted by Gasteiger charge is -2.42. The number of carbonyl (C=O) groups excluding carboxylic acids is 4. The summed E-state index contributed by atoms with van der Waals surface area (Å²) in [5, 5.41) is 30.5. The third-order valence-corrected chi connectivity index (χ3v) is 9.40. The maximum atomic E-state index is 14.0. The van der Waals surface area contributed by atoms with Crippen molar-refractivity contribution in [3.05, 3.63) is 79.8 Å². The molecule has 41 heavy (non-hydrogen) atoms. The molecule has 0 spiro atoms. The van der Waals surface area contributed by atoms with Crippen molar-refractivity contribution in [2.45, 2.75) is 18.8 Å². The summed E-state index contributed by atoms with van der Waals surface area (Å²) in [4.78, 5) is 55.5. The highest BCUT2D eigenvalue weighted by atomic mass is 79.9. The maximum absolute atomic E-state index is 14.0. The molecular weight excluding hydrogens is 661 g/mol. The van der Waals surface area contributed by atoms with Crippen molar-refractivity contribution in [2.75, 3.05) is 12.0 Å². The first kappa shape index (κ1) is 27.8. The number of anilines is 1. The van der Waals surface area contributed by atoms with Crippen molar-refractivity contribution in [3.63, 3.8) is 0 Å². The molecule has 2 aromatic rings. The van der Waals surface area contributed by atoms with Crippen LogP contribution in [0, 0.1) is 17.8 Å². The Balaban J connectivity index is 1.50. The molecule has 3 aliphatic carbocycles. The molecule has 0 aromatic heterocycles. The average Bonchev–Trinajstić information content (AvgIpc) is 3.21. The Morgan fingerprint density at radius 2 is 1.78 bits per heavy atom. The molecule has 12 heteroatoms. The molecule has 208 valence electrons. The van der Waals surface area contributed by atoms with Gasteiger partial charge in [0.05, 0.1) is 29.1 Å². The molecular formula is C29H22BBr2NO8. The summed E-state index contributed by atoms with van der Waals surface area (Å²) in [6, 6.07) is 9.18. The molecule has 1 fully saturated rings. The molecule has 0 unspecified atom stereocenters. The van der Waals surface area contributed by atoms with E-state index in [1.54, 1.807) is 18.2 Å². The number of Topliss-reactive ketones (excluding diaryl/α,β-unsaturated/α-hetero) is 1. The summed E-state index contributed by atoms with van der Waals surface area (Å²) in [6.45, 7) is 0. The van der Waals surface area contributed by atoms with E-state index in [0.717, 1.165) is 4.90 Å². The number of fused-ring (bicyclic) bond motifs is 3. The van der Waals surface area contributed by atoms with Crippen LogP contribution in [0.25, 0.3) is 0 Å². The van der Waals surface area contributed by atoms with E-state index in [-0.39, 0.29) is 62.7 Å². The molecule has 3 N–H and O–H groups in total. The quantitative estimate of drug-likeness (QED) is 0.194. The fourth-order valence-corrected chi connectivity index (χ4v) is 7.51. The number of phenols is 1. The zero-order valence-electron chi connectivity index (χ0n) is 21.5. The van der Waals surface area contributed by atoms with Gasteiger partial charge in [0.25, 0.3) is 0 Å². The van der Waals surface area contributed by atoms with E-state index in [1.165, 1.54) is 31.4 Å². The van der Waals surface area contributed by atoms with Crippen LogP contribution in [0.15, 0.2) is 74.2 Å². The number of amides is 2. The lowest BCUT2D eigenvalue weighted by atomic mass is 9.59. The molecule has 1 aliphatic heterocycles. The van der Waals surface area contributed by atoms with Gasteiger partial charge in [-0.3, -0.25) is 24.1 Å². The molecule has 0 saturated carbocycles. The van der Waals surface area contributed by atoms with Crippen LogP contribution in [-0.2, 0) is 19.2 Å². The summed E-state index contributed by atoms with van der Waals surface area (Å²) in [7, 11) is -0.375. The maximum Gasteiger partial charge on any atom is 0.488 e. The largest absolute Gasteiger partial charge is 0.504 e. The molecule has 2 amide bonds. The molecule has 9 nitrogen and oxygen atoms in total. The van der Waals surface area contributed by atoms with Gasteiger partial charge in [-0.2, -0.15) is 0 Å². The van der Waals surface area contributed by atoms with Crippen LogP contribution in [0.5, 0.6) is 11.5 Å². The van der Waals surface area contributed by atoms with Crippen molar-refractivity contribution in [1.29, 1.82) is 0 Å². The van der Waals surface area contributed by atoms with Crippen molar-refractivity contribution in [3.8, 4) is 11.5 Å². The van der Waals surface area contributed by atoms with Crippen LogP contribution in [0.3, 0.4) is 0 Å². The van der Waals surface area contributed by atoms with Gasteiger partial charge in [0.15, 0.2) is 23.1 Å². The fourth-order valence-electron chi connectivity index (χ4n) is 6.61. The number of hydrogen-bond donors (Lipinski definition) is 3. The molecule has 0 radical (unpaired) electrons. The second-order valence-corrected chi connectivity index (χ2v) is 12.2. The number of hydrogen-bond acceptors (Lipinski definition) is 8. The van der Waals surface area contributed by atoms with Crippen molar-refractivity contribution in [2.24, 2.45) is 17.8 Å². The summed E-state index contributed by atoms with van der Waals surface area (Å²) < 4.78 is 6.04. The number of benzene rings is 2. The number of halogens is 2. The van der Waals surface area contributed by atoms with E-state index in [0.29, 0.717) is 15.6 Å². The number of carbonyl (C=O) groups is 4. The van der Waals surface area contributed by atoms with Crippen LogP contribution in [0.1, 0.15) is 24.3 Å². The van der Waals surface area contributed by atoms with Gasteiger partial charge in [0.1, 0.15) is 0 Å². The van der Waals surface area contributed by atoms with Gasteiger partial charge in [-0.05, 0) is 64.4 Å². The standard InChI is InChI=1S/C29H22BBr2NO8/c1-41-22-9-13(31)8-18(27(22)36)23-15-5-6-16-24(17(15)10-19-25(23)21(34)11-20(32)26(19)35)29(38)33(28(16)37)14-4-2-3-12(7-14)30(39)40/h2-5,7-9,11,16-17,23-24,36,39-40H,6,10H2,1H3/t16-,17+,23+,24-/m0/s1. The zero-order chi connectivity index (χ0) is 29.3. The minimum absolute atomic E-state index is 0.0699. The van der Waals surface area contributed by atoms with Gasteiger partial charge in [-0.15, -0.1) is 0 Å². The molecule has 6 rings (SSSR count). The summed E-state index contributed by atoms with van der Waals surface area (Å²) in [5.74, 6) is -4.68. The number of methoxy groups -OCH3 is 1. The second-order valence-electron chi connectivity index (χ2n) is 10.4. The highest BCUT2D eigenvalue weighted by molar-refractivity contribution is 9.12. The van der Waals surface area contributed by atoms with Crippen molar-refractivity contribution in [1.82, 2.24) is 0 Å². The molecule has 2 aromatic carbocycles. The summed E-state index contributed by atoms with van der Waals surface area (Å²) >= 11 is 6.64. The predicted octanol–water partition coefficient (Wildman–Crippen LogP) is 2.81. The van der Waals surface area contributed by atoms with Crippen LogP contribution in [0.2, 0.25) is 0 Å².